The first-order valence-electron chi connectivity index (χ1n) is 13.3. The van der Waals surface area contributed by atoms with Gasteiger partial charge in [0.15, 0.2) is 24.1 Å². The SMILES string of the molecule is CCCOC(=O)C(c1ccccc1)N1C(=O)/C(=C\c2cc(Br)c(OCC(=O)N3CCOCC3)c(OCC)c2)SC1=S. The van der Waals surface area contributed by atoms with E-state index in [0.717, 1.165) is 11.8 Å². The molecule has 2 amide bonds. The maximum atomic E-state index is 13.6. The van der Waals surface area contributed by atoms with E-state index >= 15 is 0 Å². The van der Waals surface area contributed by atoms with Crippen LogP contribution in [0.15, 0.2) is 51.8 Å². The van der Waals surface area contributed by atoms with Gasteiger partial charge in [-0.3, -0.25) is 14.5 Å². The van der Waals surface area contributed by atoms with Gasteiger partial charge in [-0.05, 0) is 58.6 Å². The topological polar surface area (TPSA) is 94.6 Å². The normalized spacial score (nSPS) is 17.1. The number of halogens is 1. The van der Waals surface area contributed by atoms with Crippen LogP contribution in [0.2, 0.25) is 0 Å². The third kappa shape index (κ3) is 7.68. The Labute approximate surface area is 257 Å². The summed E-state index contributed by atoms with van der Waals surface area (Å²) in [6.07, 6.45) is 2.35. The van der Waals surface area contributed by atoms with Gasteiger partial charge in [-0.25, -0.2) is 4.79 Å². The van der Waals surface area contributed by atoms with Gasteiger partial charge in [0, 0.05) is 13.1 Å². The minimum Gasteiger partial charge on any atom is -0.490 e. The second-order valence-electron chi connectivity index (χ2n) is 9.08. The van der Waals surface area contributed by atoms with Gasteiger partial charge in [0.2, 0.25) is 0 Å². The molecule has 2 saturated heterocycles. The molecule has 2 fully saturated rings. The first-order valence-corrected chi connectivity index (χ1v) is 15.3. The molecule has 4 rings (SSSR count). The maximum Gasteiger partial charge on any atom is 0.333 e. The largest absolute Gasteiger partial charge is 0.490 e. The summed E-state index contributed by atoms with van der Waals surface area (Å²) in [6.45, 7) is 6.28. The molecule has 9 nitrogen and oxygen atoms in total. The molecule has 0 bridgehead atoms. The highest BCUT2D eigenvalue weighted by Crippen LogP contribution is 2.41. The molecule has 2 aliphatic rings. The van der Waals surface area contributed by atoms with Crippen LogP contribution in [-0.2, 0) is 23.9 Å². The number of nitrogens with zero attached hydrogens (tertiary/aromatic N) is 2. The number of morpholine rings is 1. The Bertz CT molecular complexity index is 1320. The molecule has 0 saturated carbocycles. The lowest BCUT2D eigenvalue weighted by atomic mass is 10.1. The highest BCUT2D eigenvalue weighted by molar-refractivity contribution is 9.10. The second kappa shape index (κ2) is 14.8. The van der Waals surface area contributed by atoms with Crippen LogP contribution in [0.5, 0.6) is 11.5 Å². The molecule has 1 atom stereocenters. The summed E-state index contributed by atoms with van der Waals surface area (Å²) in [5.41, 5.74) is 1.26. The van der Waals surface area contributed by atoms with E-state index in [9.17, 15) is 14.4 Å². The zero-order valence-electron chi connectivity index (χ0n) is 22.8. The van der Waals surface area contributed by atoms with Crippen LogP contribution in [0.25, 0.3) is 6.08 Å². The third-order valence-corrected chi connectivity index (χ3v) is 8.12. The van der Waals surface area contributed by atoms with E-state index in [1.165, 1.54) is 4.90 Å². The standard InChI is InChI=1S/C29H31BrN2O7S2/c1-3-12-38-28(35)25(20-8-6-5-7-9-20)32-27(34)23(41-29(32)40)17-19-15-21(30)26(22(16-19)37-4-2)39-18-24(33)31-10-13-36-14-11-31/h5-9,15-17,25H,3-4,10-14,18H2,1-2H3/b23-17+. The van der Waals surface area contributed by atoms with E-state index in [0.29, 0.717) is 71.3 Å². The van der Waals surface area contributed by atoms with Crippen molar-refractivity contribution in [3.8, 4) is 11.5 Å². The van der Waals surface area contributed by atoms with Crippen LogP contribution in [0.3, 0.4) is 0 Å². The molecular formula is C29H31BrN2O7S2. The van der Waals surface area contributed by atoms with E-state index in [2.05, 4.69) is 15.9 Å². The van der Waals surface area contributed by atoms with Crippen molar-refractivity contribution in [2.24, 2.45) is 0 Å². The van der Waals surface area contributed by atoms with E-state index in [1.54, 1.807) is 47.4 Å². The van der Waals surface area contributed by atoms with Crippen molar-refractivity contribution < 1.29 is 33.3 Å². The summed E-state index contributed by atoms with van der Waals surface area (Å²) in [6, 6.07) is 11.5. The van der Waals surface area contributed by atoms with Crippen LogP contribution in [0.4, 0.5) is 0 Å². The van der Waals surface area contributed by atoms with E-state index < -0.39 is 17.9 Å². The molecule has 2 aromatic carbocycles. The Morgan fingerprint density at radius 2 is 1.88 bits per heavy atom. The highest BCUT2D eigenvalue weighted by atomic mass is 79.9. The fourth-order valence-electron chi connectivity index (χ4n) is 4.27. The number of carbonyl (C=O) groups excluding carboxylic acids is 3. The zero-order chi connectivity index (χ0) is 29.4. The van der Waals surface area contributed by atoms with Crippen molar-refractivity contribution in [1.29, 1.82) is 0 Å². The predicted octanol–water partition coefficient (Wildman–Crippen LogP) is 4.98. The minimum absolute atomic E-state index is 0.138. The number of benzene rings is 2. The molecule has 218 valence electrons. The van der Waals surface area contributed by atoms with Crippen molar-refractivity contribution in [3.05, 3.63) is 63.0 Å². The van der Waals surface area contributed by atoms with Gasteiger partial charge in [0.05, 0.1) is 35.8 Å². The van der Waals surface area contributed by atoms with E-state index in [-0.39, 0.29) is 23.4 Å². The number of thioether (sulfide) groups is 1. The average molecular weight is 664 g/mol. The van der Waals surface area contributed by atoms with Crippen LogP contribution >= 0.6 is 39.9 Å². The fraction of sp³-hybridized carbons (Fsp3) is 0.379. The van der Waals surface area contributed by atoms with Crippen LogP contribution in [0.1, 0.15) is 37.4 Å². The van der Waals surface area contributed by atoms with E-state index in [1.807, 2.05) is 19.9 Å². The molecule has 0 aromatic heterocycles. The Morgan fingerprint density at radius 3 is 2.56 bits per heavy atom. The Kier molecular flexibility index (Phi) is 11.2. The van der Waals surface area contributed by atoms with Gasteiger partial charge < -0.3 is 23.8 Å². The number of carbonyl (C=O) groups is 3. The molecule has 2 aromatic rings. The third-order valence-electron chi connectivity index (χ3n) is 6.20. The van der Waals surface area contributed by atoms with Gasteiger partial charge in [-0.15, -0.1) is 0 Å². The van der Waals surface area contributed by atoms with Gasteiger partial charge in [-0.2, -0.15) is 0 Å². The van der Waals surface area contributed by atoms with Crippen molar-refractivity contribution in [3.63, 3.8) is 0 Å². The first kappa shape index (κ1) is 31.0. The molecule has 0 radical (unpaired) electrons. The summed E-state index contributed by atoms with van der Waals surface area (Å²) < 4.78 is 23.2. The molecule has 2 heterocycles. The quantitative estimate of drug-likeness (QED) is 0.188. The fourth-order valence-corrected chi connectivity index (χ4v) is 6.16. The maximum absolute atomic E-state index is 13.6. The van der Waals surface area contributed by atoms with E-state index in [4.69, 9.17) is 31.2 Å². The van der Waals surface area contributed by atoms with Crippen LogP contribution in [-0.4, -0.2) is 78.0 Å². The van der Waals surface area contributed by atoms with Gasteiger partial charge in [0.25, 0.3) is 11.8 Å². The Balaban J connectivity index is 1.57. The van der Waals surface area contributed by atoms with Crippen molar-refractivity contribution in [2.75, 3.05) is 46.1 Å². The molecule has 2 aliphatic heterocycles. The van der Waals surface area contributed by atoms with Crippen molar-refractivity contribution in [1.82, 2.24) is 9.80 Å². The Morgan fingerprint density at radius 1 is 1.15 bits per heavy atom. The minimum atomic E-state index is -0.994. The van der Waals surface area contributed by atoms with Gasteiger partial charge >= 0.3 is 5.97 Å². The smallest absolute Gasteiger partial charge is 0.333 e. The molecule has 41 heavy (non-hydrogen) atoms. The molecule has 0 aliphatic carbocycles. The average Bonchev–Trinajstić information content (AvgIpc) is 3.24. The molecular weight excluding hydrogens is 632 g/mol. The number of hydrogen-bond acceptors (Lipinski definition) is 9. The van der Waals surface area contributed by atoms with Crippen LogP contribution in [0, 0.1) is 0 Å². The number of rotatable bonds is 11. The molecule has 0 spiro atoms. The number of hydrogen-bond donors (Lipinski definition) is 0. The lowest BCUT2D eigenvalue weighted by Crippen LogP contribution is -2.43. The summed E-state index contributed by atoms with van der Waals surface area (Å²) in [5.74, 6) is -0.261. The van der Waals surface area contributed by atoms with Crippen LogP contribution < -0.4 is 9.47 Å². The predicted molar refractivity (Wildman–Crippen MR) is 164 cm³/mol. The number of amides is 2. The molecule has 12 heteroatoms. The summed E-state index contributed by atoms with van der Waals surface area (Å²) in [4.78, 5) is 42.7. The highest BCUT2D eigenvalue weighted by Gasteiger charge is 2.42. The van der Waals surface area contributed by atoms with Crippen molar-refractivity contribution >= 4 is 68.1 Å². The molecule has 1 unspecified atom stereocenters. The monoisotopic (exact) mass is 662 g/mol. The lowest BCUT2D eigenvalue weighted by molar-refractivity contribution is -0.151. The number of thiocarbonyl (C=S) groups is 1. The van der Waals surface area contributed by atoms with Gasteiger partial charge in [-0.1, -0.05) is 61.2 Å². The first-order chi connectivity index (χ1) is 19.8. The molecule has 0 N–H and O–H groups in total. The zero-order valence-corrected chi connectivity index (χ0v) is 26.0. The summed E-state index contributed by atoms with van der Waals surface area (Å²) >= 11 is 10.2. The second-order valence-corrected chi connectivity index (χ2v) is 11.6. The lowest BCUT2D eigenvalue weighted by Gasteiger charge is -2.27. The van der Waals surface area contributed by atoms with Crippen molar-refractivity contribution in [2.45, 2.75) is 26.3 Å². The Hall–Kier alpha value is -2.93. The number of esters is 1. The number of ether oxygens (including phenoxy) is 4. The summed E-state index contributed by atoms with van der Waals surface area (Å²) in [5, 5.41) is 0. The summed E-state index contributed by atoms with van der Waals surface area (Å²) in [7, 11) is 0. The van der Waals surface area contributed by atoms with Gasteiger partial charge in [0.1, 0.15) is 4.32 Å².